The van der Waals surface area contributed by atoms with E-state index in [2.05, 4.69) is 31.3 Å². The van der Waals surface area contributed by atoms with Gasteiger partial charge in [-0.25, -0.2) is 0 Å². The van der Waals surface area contributed by atoms with Crippen molar-refractivity contribution in [3.8, 4) is 0 Å². The van der Waals surface area contributed by atoms with Crippen LogP contribution in [-0.2, 0) is 4.79 Å². The zero-order chi connectivity index (χ0) is 13.8. The highest BCUT2D eigenvalue weighted by atomic mass is 16.2. The van der Waals surface area contributed by atoms with E-state index in [4.69, 9.17) is 0 Å². The van der Waals surface area contributed by atoms with E-state index >= 15 is 0 Å². The summed E-state index contributed by atoms with van der Waals surface area (Å²) >= 11 is 0. The number of rotatable bonds is 3. The van der Waals surface area contributed by atoms with E-state index in [0.717, 1.165) is 31.6 Å². The molecular weight excluding hydrogens is 236 g/mol. The number of hydrogen-bond acceptors (Lipinski definition) is 2. The predicted octanol–water partition coefficient (Wildman–Crippen LogP) is 3.12. The quantitative estimate of drug-likeness (QED) is 0.905. The number of amides is 1. The highest BCUT2D eigenvalue weighted by Crippen LogP contribution is 2.16. The minimum Gasteiger partial charge on any atom is -0.374 e. The molecule has 1 aliphatic heterocycles. The second kappa shape index (κ2) is 6.09. The Morgan fingerprint density at radius 3 is 2.47 bits per heavy atom. The van der Waals surface area contributed by atoms with Gasteiger partial charge in [0.2, 0.25) is 5.91 Å². The zero-order valence-corrected chi connectivity index (χ0v) is 12.2. The lowest BCUT2D eigenvalue weighted by Crippen LogP contribution is -2.43. The van der Waals surface area contributed by atoms with E-state index in [1.807, 2.05) is 17.9 Å². The maximum Gasteiger partial charge on any atom is 0.244 e. The van der Waals surface area contributed by atoms with Gasteiger partial charge in [0, 0.05) is 18.8 Å². The van der Waals surface area contributed by atoms with Gasteiger partial charge in [0.25, 0.3) is 0 Å². The lowest BCUT2D eigenvalue weighted by molar-refractivity contribution is -0.132. The van der Waals surface area contributed by atoms with Crippen LogP contribution in [0.15, 0.2) is 18.2 Å². The van der Waals surface area contributed by atoms with E-state index < -0.39 is 0 Å². The van der Waals surface area contributed by atoms with Crippen molar-refractivity contribution < 1.29 is 4.79 Å². The number of benzene rings is 1. The molecule has 1 heterocycles. The van der Waals surface area contributed by atoms with Crippen molar-refractivity contribution in [3.63, 3.8) is 0 Å². The Morgan fingerprint density at radius 2 is 1.84 bits per heavy atom. The van der Waals surface area contributed by atoms with Crippen LogP contribution in [0.1, 0.15) is 37.3 Å². The molecule has 0 saturated carbocycles. The molecule has 1 atom stereocenters. The summed E-state index contributed by atoms with van der Waals surface area (Å²) in [5, 5.41) is 3.32. The van der Waals surface area contributed by atoms with Crippen molar-refractivity contribution in [3.05, 3.63) is 29.3 Å². The van der Waals surface area contributed by atoms with Crippen LogP contribution in [0.25, 0.3) is 0 Å². The minimum atomic E-state index is -0.153. The van der Waals surface area contributed by atoms with Crippen molar-refractivity contribution in [1.82, 2.24) is 4.90 Å². The van der Waals surface area contributed by atoms with Crippen LogP contribution in [0, 0.1) is 13.8 Å². The molecule has 1 aromatic carbocycles. The fraction of sp³-hybridized carbons (Fsp3) is 0.562. The highest BCUT2D eigenvalue weighted by Gasteiger charge is 2.21. The summed E-state index contributed by atoms with van der Waals surface area (Å²) in [6.45, 7) is 7.97. The average Bonchev–Trinajstić information content (AvgIpc) is 2.43. The van der Waals surface area contributed by atoms with Gasteiger partial charge in [-0.15, -0.1) is 0 Å². The molecule has 1 unspecified atom stereocenters. The number of anilines is 1. The number of hydrogen-bond donors (Lipinski definition) is 1. The first-order valence-electron chi connectivity index (χ1n) is 7.20. The highest BCUT2D eigenvalue weighted by molar-refractivity contribution is 5.84. The molecule has 1 amide bonds. The normalized spacial score (nSPS) is 17.1. The van der Waals surface area contributed by atoms with Crippen LogP contribution in [0.2, 0.25) is 0 Å². The number of carbonyl (C=O) groups excluding carboxylic acids is 1. The number of carbonyl (C=O) groups is 1. The first-order chi connectivity index (χ1) is 9.08. The van der Waals surface area contributed by atoms with Gasteiger partial charge in [0.1, 0.15) is 6.04 Å². The Balaban J connectivity index is 1.97. The summed E-state index contributed by atoms with van der Waals surface area (Å²) in [5.41, 5.74) is 3.56. The molecule has 3 heteroatoms. The Bertz CT molecular complexity index is 450. The largest absolute Gasteiger partial charge is 0.374 e. The molecule has 104 valence electrons. The minimum absolute atomic E-state index is 0.153. The van der Waals surface area contributed by atoms with Crippen molar-refractivity contribution in [1.29, 1.82) is 0 Å². The molecule has 0 bridgehead atoms. The van der Waals surface area contributed by atoms with Crippen molar-refractivity contribution >= 4 is 11.6 Å². The molecule has 0 radical (unpaired) electrons. The van der Waals surface area contributed by atoms with Crippen LogP contribution < -0.4 is 5.32 Å². The monoisotopic (exact) mass is 260 g/mol. The average molecular weight is 260 g/mol. The van der Waals surface area contributed by atoms with E-state index in [9.17, 15) is 4.79 Å². The zero-order valence-electron chi connectivity index (χ0n) is 12.2. The van der Waals surface area contributed by atoms with E-state index in [1.165, 1.54) is 17.5 Å². The molecule has 1 aliphatic rings. The Labute approximate surface area is 116 Å². The summed E-state index contributed by atoms with van der Waals surface area (Å²) < 4.78 is 0. The third-order valence-corrected chi connectivity index (χ3v) is 3.93. The summed E-state index contributed by atoms with van der Waals surface area (Å²) in [4.78, 5) is 14.3. The van der Waals surface area contributed by atoms with Crippen LogP contribution >= 0.6 is 0 Å². The summed E-state index contributed by atoms with van der Waals surface area (Å²) in [6, 6.07) is 6.09. The fourth-order valence-corrected chi connectivity index (χ4v) is 2.53. The number of aryl methyl sites for hydroxylation is 2. The first kappa shape index (κ1) is 13.9. The van der Waals surface area contributed by atoms with Gasteiger partial charge < -0.3 is 10.2 Å². The van der Waals surface area contributed by atoms with E-state index in [1.54, 1.807) is 0 Å². The molecule has 1 fully saturated rings. The van der Waals surface area contributed by atoms with Crippen LogP contribution in [0.4, 0.5) is 5.69 Å². The maximum absolute atomic E-state index is 12.3. The van der Waals surface area contributed by atoms with Crippen LogP contribution in [0.3, 0.4) is 0 Å². The molecule has 3 nitrogen and oxygen atoms in total. The van der Waals surface area contributed by atoms with Crippen LogP contribution in [-0.4, -0.2) is 29.9 Å². The van der Waals surface area contributed by atoms with Gasteiger partial charge in [-0.2, -0.15) is 0 Å². The molecule has 1 aromatic rings. The molecule has 0 aliphatic carbocycles. The number of nitrogens with one attached hydrogen (secondary N) is 1. The lowest BCUT2D eigenvalue weighted by Gasteiger charge is -2.29. The molecular formula is C16H24N2O. The molecule has 19 heavy (non-hydrogen) atoms. The third-order valence-electron chi connectivity index (χ3n) is 3.93. The summed E-state index contributed by atoms with van der Waals surface area (Å²) in [5.74, 6) is 0.220. The second-order valence-corrected chi connectivity index (χ2v) is 5.55. The standard InChI is InChI=1S/C16H24N2O/c1-12-7-8-15(11-13(12)2)17-14(3)16(19)18-9-5-4-6-10-18/h7-8,11,14,17H,4-6,9-10H2,1-3H3. The van der Waals surface area contributed by atoms with Gasteiger partial charge in [0.05, 0.1) is 0 Å². The van der Waals surface area contributed by atoms with Crippen molar-refractivity contribution in [2.75, 3.05) is 18.4 Å². The SMILES string of the molecule is Cc1ccc(NC(C)C(=O)N2CCCCC2)cc1C. The molecule has 2 rings (SSSR count). The molecule has 0 aromatic heterocycles. The predicted molar refractivity (Wildman–Crippen MR) is 79.4 cm³/mol. The second-order valence-electron chi connectivity index (χ2n) is 5.55. The fourth-order valence-electron chi connectivity index (χ4n) is 2.53. The van der Waals surface area contributed by atoms with Crippen molar-refractivity contribution in [2.24, 2.45) is 0 Å². The maximum atomic E-state index is 12.3. The summed E-state index contributed by atoms with van der Waals surface area (Å²) in [7, 11) is 0. The van der Waals surface area contributed by atoms with E-state index in [0.29, 0.717) is 0 Å². The number of piperidine rings is 1. The van der Waals surface area contributed by atoms with Gasteiger partial charge in [-0.3, -0.25) is 4.79 Å². The number of likely N-dealkylation sites (tertiary alicyclic amines) is 1. The van der Waals surface area contributed by atoms with Gasteiger partial charge in [0.15, 0.2) is 0 Å². The van der Waals surface area contributed by atoms with Crippen molar-refractivity contribution in [2.45, 2.75) is 46.1 Å². The topological polar surface area (TPSA) is 32.3 Å². The van der Waals surface area contributed by atoms with Gasteiger partial charge >= 0.3 is 0 Å². The van der Waals surface area contributed by atoms with Crippen LogP contribution in [0.5, 0.6) is 0 Å². The Kier molecular flexibility index (Phi) is 4.46. The number of nitrogens with zero attached hydrogens (tertiary/aromatic N) is 1. The first-order valence-corrected chi connectivity index (χ1v) is 7.20. The third kappa shape index (κ3) is 3.49. The molecule has 0 spiro atoms. The summed E-state index contributed by atoms with van der Waals surface area (Å²) in [6.07, 6.45) is 3.53. The van der Waals surface area contributed by atoms with E-state index in [-0.39, 0.29) is 11.9 Å². The molecule has 1 saturated heterocycles. The smallest absolute Gasteiger partial charge is 0.244 e. The van der Waals surface area contributed by atoms with Gasteiger partial charge in [-0.05, 0) is 63.3 Å². The lowest BCUT2D eigenvalue weighted by atomic mass is 10.1. The Morgan fingerprint density at radius 1 is 1.16 bits per heavy atom. The molecule has 1 N–H and O–H groups in total. The van der Waals surface area contributed by atoms with Gasteiger partial charge in [-0.1, -0.05) is 6.07 Å². The Hall–Kier alpha value is -1.51.